The van der Waals surface area contributed by atoms with Gasteiger partial charge in [0.15, 0.2) is 5.96 Å². The maximum atomic E-state index is 5.96. The van der Waals surface area contributed by atoms with Crippen molar-refractivity contribution < 1.29 is 14.2 Å². The van der Waals surface area contributed by atoms with Crippen LogP contribution in [0.25, 0.3) is 0 Å². The molecule has 0 aliphatic carbocycles. The average molecular weight is 465 g/mol. The fraction of sp³-hybridized carbons (Fsp3) is 0.611. The molecule has 25 heavy (non-hydrogen) atoms. The lowest BCUT2D eigenvalue weighted by Gasteiger charge is -2.14. The van der Waals surface area contributed by atoms with E-state index < -0.39 is 0 Å². The molecule has 0 radical (unpaired) electrons. The molecule has 0 amide bonds. The van der Waals surface area contributed by atoms with E-state index in [9.17, 15) is 0 Å². The number of nitrogens with one attached hydrogen (secondary N) is 1. The summed E-state index contributed by atoms with van der Waals surface area (Å²) < 4.78 is 16.6. The molecule has 6 nitrogen and oxygen atoms in total. The molecular formula is C18H32IN3O3. The van der Waals surface area contributed by atoms with Gasteiger partial charge in [0, 0.05) is 25.8 Å². The number of benzene rings is 1. The number of anilines is 1. The third-order valence-corrected chi connectivity index (χ3v) is 3.00. The summed E-state index contributed by atoms with van der Waals surface area (Å²) in [7, 11) is 0. The number of guanidine groups is 1. The molecule has 0 spiro atoms. The van der Waals surface area contributed by atoms with Gasteiger partial charge < -0.3 is 25.3 Å². The Balaban J connectivity index is 0.00000576. The van der Waals surface area contributed by atoms with E-state index in [0.29, 0.717) is 38.2 Å². The van der Waals surface area contributed by atoms with Gasteiger partial charge in [0.2, 0.25) is 0 Å². The van der Waals surface area contributed by atoms with Crippen LogP contribution in [-0.4, -0.2) is 38.9 Å². The molecule has 0 aromatic heterocycles. The second kappa shape index (κ2) is 14.0. The van der Waals surface area contributed by atoms with Crippen molar-refractivity contribution in [2.75, 3.05) is 38.3 Å². The van der Waals surface area contributed by atoms with Gasteiger partial charge >= 0.3 is 0 Å². The molecule has 3 N–H and O–H groups in total. The van der Waals surface area contributed by atoms with Crippen molar-refractivity contribution in [3.8, 4) is 11.5 Å². The normalized spacial score (nSPS) is 11.2. The van der Waals surface area contributed by atoms with Crippen LogP contribution in [0.5, 0.6) is 11.5 Å². The number of ether oxygens (including phenoxy) is 3. The Hall–Kier alpha value is -1.22. The fourth-order valence-corrected chi connectivity index (χ4v) is 2.01. The summed E-state index contributed by atoms with van der Waals surface area (Å²) in [5, 5.41) is 3.09. The molecule has 0 aliphatic heterocycles. The van der Waals surface area contributed by atoms with Crippen molar-refractivity contribution in [2.24, 2.45) is 16.6 Å². The first-order valence-corrected chi connectivity index (χ1v) is 8.61. The van der Waals surface area contributed by atoms with Gasteiger partial charge in [-0.1, -0.05) is 13.8 Å². The lowest BCUT2D eigenvalue weighted by Crippen LogP contribution is -2.23. The average Bonchev–Trinajstić information content (AvgIpc) is 2.53. The first-order valence-electron chi connectivity index (χ1n) is 8.61. The molecular weight excluding hydrogens is 433 g/mol. The molecule has 0 heterocycles. The smallest absolute Gasteiger partial charge is 0.193 e. The molecule has 0 saturated carbocycles. The molecule has 0 atom stereocenters. The van der Waals surface area contributed by atoms with Crippen LogP contribution in [-0.2, 0) is 4.74 Å². The minimum absolute atomic E-state index is 0. The summed E-state index contributed by atoms with van der Waals surface area (Å²) in [5.74, 6) is 2.39. The van der Waals surface area contributed by atoms with Crippen LogP contribution in [0.1, 0.15) is 34.1 Å². The van der Waals surface area contributed by atoms with E-state index >= 15 is 0 Å². The maximum absolute atomic E-state index is 5.96. The molecule has 144 valence electrons. The molecule has 7 heteroatoms. The van der Waals surface area contributed by atoms with Crippen LogP contribution in [0.15, 0.2) is 23.2 Å². The number of rotatable bonds is 11. The molecule has 0 fully saturated rings. The summed E-state index contributed by atoms with van der Waals surface area (Å²) in [5.41, 5.74) is 6.71. The minimum atomic E-state index is 0. The van der Waals surface area contributed by atoms with E-state index in [4.69, 9.17) is 19.9 Å². The Morgan fingerprint density at radius 1 is 1.20 bits per heavy atom. The molecule has 0 unspecified atom stereocenters. The summed E-state index contributed by atoms with van der Waals surface area (Å²) in [6.07, 6.45) is 0.840. The second-order valence-corrected chi connectivity index (χ2v) is 5.74. The van der Waals surface area contributed by atoms with Gasteiger partial charge in [0.1, 0.15) is 11.5 Å². The highest BCUT2D eigenvalue weighted by Gasteiger charge is 2.07. The quantitative estimate of drug-likeness (QED) is 0.224. The van der Waals surface area contributed by atoms with Crippen molar-refractivity contribution >= 4 is 35.6 Å². The minimum Gasteiger partial charge on any atom is -0.494 e. The van der Waals surface area contributed by atoms with Gasteiger partial charge in [-0.05, 0) is 38.3 Å². The number of halogens is 1. The van der Waals surface area contributed by atoms with Crippen LogP contribution in [0, 0.1) is 5.92 Å². The van der Waals surface area contributed by atoms with Crippen LogP contribution in [0.4, 0.5) is 5.69 Å². The first-order chi connectivity index (χ1) is 11.6. The molecule has 1 aromatic carbocycles. The van der Waals surface area contributed by atoms with Crippen molar-refractivity contribution in [1.29, 1.82) is 0 Å². The summed E-state index contributed by atoms with van der Waals surface area (Å²) in [6, 6.07) is 5.60. The summed E-state index contributed by atoms with van der Waals surface area (Å²) in [6.45, 7) is 11.4. The summed E-state index contributed by atoms with van der Waals surface area (Å²) in [4.78, 5) is 4.32. The Morgan fingerprint density at radius 2 is 1.92 bits per heavy atom. The molecule has 0 bridgehead atoms. The topological polar surface area (TPSA) is 78.1 Å². The standard InChI is InChI=1S/C18H31N3O3.HI/c1-5-23-15-8-9-17(24-6-2)16(12-15)21-18(19)20-10-7-11-22-13-14(3)4;/h8-9,12,14H,5-7,10-11,13H2,1-4H3,(H3,19,20,21);1H. The van der Waals surface area contributed by atoms with Gasteiger partial charge in [-0.3, -0.25) is 4.99 Å². The number of hydrogen-bond donors (Lipinski definition) is 2. The number of hydrogen-bond acceptors (Lipinski definition) is 4. The fourth-order valence-electron chi connectivity index (χ4n) is 2.01. The lowest BCUT2D eigenvalue weighted by molar-refractivity contribution is 0.109. The van der Waals surface area contributed by atoms with Crippen LogP contribution >= 0.6 is 24.0 Å². The van der Waals surface area contributed by atoms with Crippen LogP contribution < -0.4 is 20.5 Å². The third-order valence-electron chi connectivity index (χ3n) is 3.00. The zero-order chi connectivity index (χ0) is 17.8. The Kier molecular flexibility index (Phi) is 13.3. The predicted octanol–water partition coefficient (Wildman–Crippen LogP) is 3.89. The summed E-state index contributed by atoms with van der Waals surface area (Å²) >= 11 is 0. The van der Waals surface area contributed by atoms with E-state index in [0.717, 1.165) is 30.2 Å². The number of nitrogens with zero attached hydrogens (tertiary/aromatic N) is 1. The van der Waals surface area contributed by atoms with Gasteiger partial charge in [-0.15, -0.1) is 24.0 Å². The number of aliphatic imine (C=N–C) groups is 1. The highest BCUT2D eigenvalue weighted by molar-refractivity contribution is 14.0. The Labute approximate surface area is 168 Å². The lowest BCUT2D eigenvalue weighted by atomic mass is 10.2. The van der Waals surface area contributed by atoms with Gasteiger partial charge in [0.25, 0.3) is 0 Å². The van der Waals surface area contributed by atoms with Gasteiger partial charge in [0.05, 0.1) is 18.9 Å². The second-order valence-electron chi connectivity index (χ2n) is 5.74. The van der Waals surface area contributed by atoms with E-state index in [1.807, 2.05) is 32.0 Å². The molecule has 0 aliphatic rings. The van der Waals surface area contributed by atoms with E-state index in [2.05, 4.69) is 24.2 Å². The highest BCUT2D eigenvalue weighted by Crippen LogP contribution is 2.29. The molecule has 0 saturated heterocycles. The van der Waals surface area contributed by atoms with Crippen LogP contribution in [0.2, 0.25) is 0 Å². The van der Waals surface area contributed by atoms with E-state index in [1.54, 1.807) is 0 Å². The van der Waals surface area contributed by atoms with Crippen molar-refractivity contribution in [3.05, 3.63) is 18.2 Å². The van der Waals surface area contributed by atoms with Crippen molar-refractivity contribution in [2.45, 2.75) is 34.1 Å². The van der Waals surface area contributed by atoms with Gasteiger partial charge in [-0.25, -0.2) is 0 Å². The zero-order valence-corrected chi connectivity index (χ0v) is 18.0. The van der Waals surface area contributed by atoms with Gasteiger partial charge in [-0.2, -0.15) is 0 Å². The zero-order valence-electron chi connectivity index (χ0n) is 15.7. The van der Waals surface area contributed by atoms with E-state index in [1.165, 1.54) is 0 Å². The maximum Gasteiger partial charge on any atom is 0.193 e. The Bertz CT molecular complexity index is 510. The van der Waals surface area contributed by atoms with Crippen LogP contribution in [0.3, 0.4) is 0 Å². The largest absolute Gasteiger partial charge is 0.494 e. The molecule has 1 rings (SSSR count). The van der Waals surface area contributed by atoms with Crippen molar-refractivity contribution in [3.63, 3.8) is 0 Å². The van der Waals surface area contributed by atoms with E-state index in [-0.39, 0.29) is 24.0 Å². The monoisotopic (exact) mass is 465 g/mol. The highest BCUT2D eigenvalue weighted by atomic mass is 127. The van der Waals surface area contributed by atoms with Crippen molar-refractivity contribution in [1.82, 2.24) is 0 Å². The third kappa shape index (κ3) is 10.4. The molecule has 1 aromatic rings. The predicted molar refractivity (Wildman–Crippen MR) is 115 cm³/mol. The number of nitrogens with two attached hydrogens (primary N) is 1. The first kappa shape index (κ1) is 23.8. The Morgan fingerprint density at radius 3 is 2.56 bits per heavy atom. The SMILES string of the molecule is CCOc1ccc(OCC)c(NC(N)=NCCCOCC(C)C)c1.I.